The number of aromatic hydroxyl groups is 1. The summed E-state index contributed by atoms with van der Waals surface area (Å²) in [5, 5.41) is 19.0. The Morgan fingerprint density at radius 2 is 2.04 bits per heavy atom. The lowest BCUT2D eigenvalue weighted by atomic mass is 10.1. The third kappa shape index (κ3) is 6.05. The van der Waals surface area contributed by atoms with Crippen molar-refractivity contribution < 1.29 is 24.5 Å². The highest BCUT2D eigenvalue weighted by atomic mass is 32.1. The number of carbonyl (C=O) groups excluding carboxylic acids is 1. The number of phenols is 1. The number of aryl methyl sites for hydroxylation is 1. The number of aliphatic carboxylic acids is 1. The zero-order valence-electron chi connectivity index (χ0n) is 15.1. The summed E-state index contributed by atoms with van der Waals surface area (Å²) >= 11 is 4.36. The molecule has 0 fully saturated rings. The lowest BCUT2D eigenvalue weighted by Gasteiger charge is -2.15. The van der Waals surface area contributed by atoms with E-state index in [1.165, 1.54) is 6.07 Å². The van der Waals surface area contributed by atoms with Gasteiger partial charge in [0.2, 0.25) is 0 Å². The number of rotatable bonds is 9. The first kappa shape index (κ1) is 20.3. The van der Waals surface area contributed by atoms with E-state index >= 15 is 0 Å². The van der Waals surface area contributed by atoms with Gasteiger partial charge in [0.05, 0.1) is 13.2 Å². The molecule has 0 spiro atoms. The minimum absolute atomic E-state index is 0.0174. The van der Waals surface area contributed by atoms with Crippen LogP contribution >= 0.6 is 12.6 Å². The standard InChI is InChI=1S/C19H25NO5S/c1-19(2,26)10-13(21)11-20-15-6-5-12-8-14(9-16(22)18(12)15)25-7-3-4-17(23)24/h8-9,22,26H,3-7,10-11H2,1-2H3,(H,23,24). The number of aliphatic imine (C=N–C) groups is 1. The van der Waals surface area contributed by atoms with Gasteiger partial charge in [0.15, 0.2) is 5.78 Å². The highest BCUT2D eigenvalue weighted by Crippen LogP contribution is 2.34. The van der Waals surface area contributed by atoms with Gasteiger partial charge in [-0.25, -0.2) is 0 Å². The fraction of sp³-hybridized carbons (Fsp3) is 0.526. The fourth-order valence-corrected chi connectivity index (χ4v) is 3.12. The van der Waals surface area contributed by atoms with Crippen LogP contribution in [0.4, 0.5) is 0 Å². The summed E-state index contributed by atoms with van der Waals surface area (Å²) in [5.74, 6) is -0.249. The average molecular weight is 379 g/mol. The first-order chi connectivity index (χ1) is 12.2. The molecule has 1 aromatic rings. The molecule has 1 aromatic carbocycles. The number of benzene rings is 1. The van der Waals surface area contributed by atoms with Crippen LogP contribution in [0.25, 0.3) is 0 Å². The summed E-state index contributed by atoms with van der Waals surface area (Å²) < 4.78 is 5.16. The molecule has 0 heterocycles. The van der Waals surface area contributed by atoms with E-state index in [2.05, 4.69) is 17.6 Å². The minimum Gasteiger partial charge on any atom is -0.507 e. The smallest absolute Gasteiger partial charge is 0.303 e. The number of hydrogen-bond acceptors (Lipinski definition) is 6. The molecule has 2 N–H and O–H groups in total. The summed E-state index contributed by atoms with van der Waals surface area (Å²) in [5.41, 5.74) is 2.35. The molecule has 0 atom stereocenters. The number of hydrogen-bond donors (Lipinski definition) is 3. The molecule has 0 amide bonds. The molecule has 0 aromatic heterocycles. The molecule has 6 nitrogen and oxygen atoms in total. The van der Waals surface area contributed by atoms with E-state index in [4.69, 9.17) is 9.84 Å². The Balaban J connectivity index is 2.02. The molecule has 142 valence electrons. The lowest BCUT2D eigenvalue weighted by Crippen LogP contribution is -2.19. The van der Waals surface area contributed by atoms with Crippen LogP contribution in [0.5, 0.6) is 11.5 Å². The van der Waals surface area contributed by atoms with Gasteiger partial charge in [-0.3, -0.25) is 14.6 Å². The van der Waals surface area contributed by atoms with E-state index in [-0.39, 0.29) is 35.9 Å². The van der Waals surface area contributed by atoms with Crippen molar-refractivity contribution in [3.05, 3.63) is 23.3 Å². The van der Waals surface area contributed by atoms with Gasteiger partial charge >= 0.3 is 5.97 Å². The summed E-state index contributed by atoms with van der Waals surface area (Å²) in [4.78, 5) is 26.9. The second kappa shape index (κ2) is 8.58. The van der Waals surface area contributed by atoms with Gasteiger partial charge in [-0.2, -0.15) is 12.6 Å². The van der Waals surface area contributed by atoms with Crippen molar-refractivity contribution >= 4 is 30.1 Å². The minimum atomic E-state index is -0.859. The molecule has 2 rings (SSSR count). The zero-order chi connectivity index (χ0) is 19.3. The van der Waals surface area contributed by atoms with Gasteiger partial charge in [-0.05, 0) is 30.9 Å². The first-order valence-electron chi connectivity index (χ1n) is 8.64. The highest BCUT2D eigenvalue weighted by Gasteiger charge is 2.23. The highest BCUT2D eigenvalue weighted by molar-refractivity contribution is 7.81. The van der Waals surface area contributed by atoms with Crippen LogP contribution in [0.3, 0.4) is 0 Å². The third-order valence-corrected chi connectivity index (χ3v) is 4.13. The molecule has 1 aliphatic rings. The molecule has 1 aliphatic carbocycles. The van der Waals surface area contributed by atoms with E-state index in [1.54, 1.807) is 0 Å². The van der Waals surface area contributed by atoms with E-state index in [1.807, 2.05) is 19.9 Å². The fourth-order valence-electron chi connectivity index (χ4n) is 2.94. The number of carbonyl (C=O) groups is 2. The Bertz CT molecular complexity index is 721. The number of ketones is 1. The van der Waals surface area contributed by atoms with E-state index < -0.39 is 5.97 Å². The average Bonchev–Trinajstić information content (AvgIpc) is 2.91. The van der Waals surface area contributed by atoms with Crippen molar-refractivity contribution in [2.75, 3.05) is 13.2 Å². The molecule has 0 bridgehead atoms. The van der Waals surface area contributed by atoms with Crippen molar-refractivity contribution in [2.24, 2.45) is 4.99 Å². The molecule has 26 heavy (non-hydrogen) atoms. The normalized spacial score (nSPS) is 15.1. The quantitative estimate of drug-likeness (QED) is 0.453. The molecule has 7 heteroatoms. The Labute approximate surface area is 158 Å². The molecule has 0 saturated heterocycles. The van der Waals surface area contributed by atoms with Crippen LogP contribution in [-0.4, -0.2) is 45.6 Å². The summed E-state index contributed by atoms with van der Waals surface area (Å²) in [6, 6.07) is 3.36. The number of phenolic OH excluding ortho intramolecular Hbond substituents is 1. The van der Waals surface area contributed by atoms with Crippen LogP contribution in [0.15, 0.2) is 17.1 Å². The molecular formula is C19H25NO5S. The van der Waals surface area contributed by atoms with Gasteiger partial charge < -0.3 is 14.9 Å². The Kier molecular flexibility index (Phi) is 6.69. The Morgan fingerprint density at radius 3 is 2.69 bits per heavy atom. The zero-order valence-corrected chi connectivity index (χ0v) is 16.0. The van der Waals surface area contributed by atoms with E-state index in [9.17, 15) is 14.7 Å². The third-order valence-electron chi connectivity index (χ3n) is 3.97. The van der Waals surface area contributed by atoms with Crippen molar-refractivity contribution in [1.82, 2.24) is 0 Å². The van der Waals surface area contributed by atoms with Crippen LogP contribution in [-0.2, 0) is 16.0 Å². The van der Waals surface area contributed by atoms with Crippen molar-refractivity contribution in [1.29, 1.82) is 0 Å². The molecule has 0 unspecified atom stereocenters. The van der Waals surface area contributed by atoms with Crippen molar-refractivity contribution in [2.45, 2.75) is 50.7 Å². The Hall–Kier alpha value is -2.02. The maximum atomic E-state index is 12.0. The van der Waals surface area contributed by atoms with E-state index in [0.29, 0.717) is 30.6 Å². The number of Topliss-reactive ketones (excluding diaryl/α,β-unsaturated/α-hetero) is 1. The maximum absolute atomic E-state index is 12.0. The molecule has 0 aliphatic heterocycles. The van der Waals surface area contributed by atoms with Gasteiger partial charge in [0.1, 0.15) is 11.5 Å². The second-order valence-electron chi connectivity index (χ2n) is 7.11. The topological polar surface area (TPSA) is 96.2 Å². The summed E-state index contributed by atoms with van der Waals surface area (Å²) in [7, 11) is 0. The van der Waals surface area contributed by atoms with Crippen LogP contribution in [0.2, 0.25) is 0 Å². The number of carboxylic acid groups (broad SMARTS) is 1. The van der Waals surface area contributed by atoms with Crippen molar-refractivity contribution in [3.8, 4) is 11.5 Å². The van der Waals surface area contributed by atoms with Gasteiger partial charge in [-0.15, -0.1) is 0 Å². The first-order valence-corrected chi connectivity index (χ1v) is 9.08. The van der Waals surface area contributed by atoms with Crippen LogP contribution < -0.4 is 4.74 Å². The van der Waals surface area contributed by atoms with Crippen LogP contribution in [0.1, 0.15) is 50.7 Å². The number of thiol groups is 1. The lowest BCUT2D eigenvalue weighted by molar-refractivity contribution is -0.137. The predicted molar refractivity (Wildman–Crippen MR) is 103 cm³/mol. The van der Waals surface area contributed by atoms with Gasteiger partial charge in [0, 0.05) is 34.9 Å². The number of nitrogens with zero attached hydrogens (tertiary/aromatic N) is 1. The monoisotopic (exact) mass is 379 g/mol. The van der Waals surface area contributed by atoms with E-state index in [0.717, 1.165) is 17.7 Å². The van der Waals surface area contributed by atoms with Crippen LogP contribution in [0, 0.1) is 0 Å². The second-order valence-corrected chi connectivity index (χ2v) is 8.32. The van der Waals surface area contributed by atoms with Crippen molar-refractivity contribution in [3.63, 3.8) is 0 Å². The molecule has 0 radical (unpaired) electrons. The molecule has 0 saturated carbocycles. The Morgan fingerprint density at radius 1 is 1.31 bits per heavy atom. The predicted octanol–water partition coefficient (Wildman–Crippen LogP) is 3.04. The SMILES string of the molecule is CC(C)(S)CC(=O)CN=C1CCc2cc(OCCCC(=O)O)cc(O)c21. The summed E-state index contributed by atoms with van der Waals surface area (Å²) in [6.07, 6.45) is 2.19. The largest absolute Gasteiger partial charge is 0.507 e. The summed E-state index contributed by atoms with van der Waals surface area (Å²) in [6.45, 7) is 4.14. The van der Waals surface area contributed by atoms with Gasteiger partial charge in [0.25, 0.3) is 0 Å². The number of carboxylic acids is 1. The molecular weight excluding hydrogens is 354 g/mol. The maximum Gasteiger partial charge on any atom is 0.303 e. The number of ether oxygens (including phenoxy) is 1. The number of fused-ring (bicyclic) bond motifs is 1. The van der Waals surface area contributed by atoms with Gasteiger partial charge in [-0.1, -0.05) is 13.8 Å².